The summed E-state index contributed by atoms with van der Waals surface area (Å²) in [5.74, 6) is 2.40. The molecule has 0 atom stereocenters. The van der Waals surface area contributed by atoms with Crippen molar-refractivity contribution in [3.8, 4) is 27.8 Å². The molecule has 0 amide bonds. The molecule has 0 saturated carbocycles. The summed E-state index contributed by atoms with van der Waals surface area (Å²) >= 11 is 1.68. The molecule has 1 saturated heterocycles. The predicted molar refractivity (Wildman–Crippen MR) is 120 cm³/mol. The van der Waals surface area contributed by atoms with E-state index in [9.17, 15) is 0 Å². The number of aromatic nitrogens is 1. The lowest BCUT2D eigenvalue weighted by Gasteiger charge is -2.34. The molecule has 1 fully saturated rings. The number of benzene rings is 2. The number of nitrogens with one attached hydrogen (secondary N) is 1. The van der Waals surface area contributed by atoms with Crippen molar-refractivity contribution >= 4 is 17.0 Å². The van der Waals surface area contributed by atoms with E-state index in [0.717, 1.165) is 66.2 Å². The molecule has 0 unspecified atom stereocenters. The van der Waals surface area contributed by atoms with Gasteiger partial charge in [0.25, 0.3) is 0 Å². The first-order chi connectivity index (χ1) is 14.7. The summed E-state index contributed by atoms with van der Waals surface area (Å²) in [4.78, 5) is 8.85. The SMILES string of the molecule is COc1ccc(-c2nc(C[NH+]3CCN(c4ccccc4OC)CC3)cs2)cc1OC. The Labute approximate surface area is 181 Å². The van der Waals surface area contributed by atoms with Gasteiger partial charge in [0.15, 0.2) is 11.5 Å². The predicted octanol–water partition coefficient (Wildman–Crippen LogP) is 2.74. The molecule has 1 N–H and O–H groups in total. The summed E-state index contributed by atoms with van der Waals surface area (Å²) in [5.41, 5.74) is 3.38. The van der Waals surface area contributed by atoms with E-state index in [1.165, 1.54) is 5.69 Å². The monoisotopic (exact) mass is 426 g/mol. The van der Waals surface area contributed by atoms with Gasteiger partial charge < -0.3 is 24.0 Å². The Morgan fingerprint density at radius 1 is 0.933 bits per heavy atom. The highest BCUT2D eigenvalue weighted by Gasteiger charge is 2.23. The molecular formula is C23H28N3O3S+. The number of ether oxygens (including phenoxy) is 3. The van der Waals surface area contributed by atoms with Gasteiger partial charge in [-0.15, -0.1) is 11.3 Å². The summed E-state index contributed by atoms with van der Waals surface area (Å²) in [6.45, 7) is 5.15. The second kappa shape index (κ2) is 9.36. The van der Waals surface area contributed by atoms with Crippen molar-refractivity contribution in [1.82, 2.24) is 4.98 Å². The van der Waals surface area contributed by atoms with E-state index >= 15 is 0 Å². The highest BCUT2D eigenvalue weighted by Crippen LogP contribution is 2.33. The van der Waals surface area contributed by atoms with Crippen LogP contribution in [-0.4, -0.2) is 52.5 Å². The summed E-state index contributed by atoms with van der Waals surface area (Å²) in [5, 5.41) is 3.18. The average Bonchev–Trinajstić information content (AvgIpc) is 3.27. The number of hydrogen-bond acceptors (Lipinski definition) is 6. The van der Waals surface area contributed by atoms with Gasteiger partial charge >= 0.3 is 0 Å². The van der Waals surface area contributed by atoms with Crippen molar-refractivity contribution in [2.75, 3.05) is 52.4 Å². The first-order valence-corrected chi connectivity index (χ1v) is 11.0. The van der Waals surface area contributed by atoms with Gasteiger partial charge in [-0.2, -0.15) is 0 Å². The van der Waals surface area contributed by atoms with Crippen LogP contribution in [0.3, 0.4) is 0 Å². The van der Waals surface area contributed by atoms with Crippen LogP contribution in [0.5, 0.6) is 17.2 Å². The normalized spacial score (nSPS) is 14.6. The second-order valence-electron chi connectivity index (χ2n) is 7.30. The molecule has 30 heavy (non-hydrogen) atoms. The van der Waals surface area contributed by atoms with Crippen LogP contribution in [0, 0.1) is 0 Å². The van der Waals surface area contributed by atoms with Crippen LogP contribution < -0.4 is 24.0 Å². The average molecular weight is 427 g/mol. The molecule has 0 aliphatic carbocycles. The summed E-state index contributed by atoms with van der Waals surface area (Å²) < 4.78 is 16.3. The maximum atomic E-state index is 5.52. The highest BCUT2D eigenvalue weighted by atomic mass is 32.1. The maximum Gasteiger partial charge on any atom is 0.161 e. The Bertz CT molecular complexity index is 983. The third-order valence-electron chi connectivity index (χ3n) is 5.51. The lowest BCUT2D eigenvalue weighted by molar-refractivity contribution is -0.914. The summed E-state index contributed by atoms with van der Waals surface area (Å²) in [6.07, 6.45) is 0. The second-order valence-corrected chi connectivity index (χ2v) is 8.16. The Balaban J connectivity index is 1.38. The molecule has 0 radical (unpaired) electrons. The Kier molecular flexibility index (Phi) is 6.40. The van der Waals surface area contributed by atoms with Crippen LogP contribution in [0.15, 0.2) is 47.8 Å². The first-order valence-electron chi connectivity index (χ1n) is 10.1. The lowest BCUT2D eigenvalue weighted by atomic mass is 10.2. The zero-order valence-electron chi connectivity index (χ0n) is 17.7. The minimum absolute atomic E-state index is 0.727. The number of rotatable bonds is 7. The number of para-hydroxylation sites is 2. The topological polar surface area (TPSA) is 48.3 Å². The molecule has 7 heteroatoms. The number of methoxy groups -OCH3 is 3. The van der Waals surface area contributed by atoms with E-state index < -0.39 is 0 Å². The molecule has 0 bridgehead atoms. The highest BCUT2D eigenvalue weighted by molar-refractivity contribution is 7.13. The minimum atomic E-state index is 0.727. The molecule has 3 aromatic rings. The smallest absolute Gasteiger partial charge is 0.161 e. The van der Waals surface area contributed by atoms with E-state index in [1.54, 1.807) is 37.6 Å². The van der Waals surface area contributed by atoms with Crippen LogP contribution >= 0.6 is 11.3 Å². The molecule has 2 aromatic carbocycles. The van der Waals surface area contributed by atoms with Crippen molar-refractivity contribution in [3.63, 3.8) is 0 Å². The fourth-order valence-electron chi connectivity index (χ4n) is 3.88. The molecule has 2 heterocycles. The van der Waals surface area contributed by atoms with E-state index in [0.29, 0.717) is 0 Å². The van der Waals surface area contributed by atoms with Crippen LogP contribution in [0.1, 0.15) is 5.69 Å². The number of hydrogen-bond donors (Lipinski definition) is 1. The van der Waals surface area contributed by atoms with E-state index in [2.05, 4.69) is 22.4 Å². The number of anilines is 1. The zero-order valence-corrected chi connectivity index (χ0v) is 18.5. The lowest BCUT2D eigenvalue weighted by Crippen LogP contribution is -3.13. The Hall–Kier alpha value is -2.77. The molecule has 4 rings (SSSR count). The van der Waals surface area contributed by atoms with E-state index in [-0.39, 0.29) is 0 Å². The third kappa shape index (κ3) is 4.37. The van der Waals surface area contributed by atoms with Crippen LogP contribution in [-0.2, 0) is 6.54 Å². The Morgan fingerprint density at radius 2 is 1.67 bits per heavy atom. The van der Waals surface area contributed by atoms with E-state index in [4.69, 9.17) is 19.2 Å². The van der Waals surface area contributed by atoms with Gasteiger partial charge in [0, 0.05) is 10.9 Å². The van der Waals surface area contributed by atoms with Crippen molar-refractivity contribution in [3.05, 3.63) is 53.5 Å². The molecule has 1 aliphatic heterocycles. The van der Waals surface area contributed by atoms with Crippen molar-refractivity contribution < 1.29 is 19.1 Å². The standard InChI is InChI=1S/C23H27N3O3S/c1-27-20-7-5-4-6-19(20)26-12-10-25(11-13-26)15-18-16-30-23(24-18)17-8-9-21(28-2)22(14-17)29-3/h4-9,14,16H,10-13,15H2,1-3H3/p+1. The molecule has 1 aliphatic rings. The first kappa shape index (κ1) is 20.5. The van der Waals surface area contributed by atoms with Gasteiger partial charge in [0.2, 0.25) is 0 Å². The number of nitrogens with zero attached hydrogens (tertiary/aromatic N) is 2. The van der Waals surface area contributed by atoms with Gasteiger partial charge in [0.05, 0.1) is 53.2 Å². The Morgan fingerprint density at radius 3 is 2.40 bits per heavy atom. The van der Waals surface area contributed by atoms with Gasteiger partial charge in [-0.25, -0.2) is 4.98 Å². The zero-order chi connectivity index (χ0) is 20.9. The van der Waals surface area contributed by atoms with Gasteiger partial charge in [0.1, 0.15) is 23.0 Å². The fourth-order valence-corrected chi connectivity index (χ4v) is 4.69. The van der Waals surface area contributed by atoms with Crippen molar-refractivity contribution in [1.29, 1.82) is 0 Å². The van der Waals surface area contributed by atoms with Gasteiger partial charge in [-0.1, -0.05) is 12.1 Å². The number of thiazole rings is 1. The molecule has 0 spiro atoms. The fraction of sp³-hybridized carbons (Fsp3) is 0.348. The van der Waals surface area contributed by atoms with Crippen molar-refractivity contribution in [2.45, 2.75) is 6.54 Å². The number of quaternary nitrogens is 1. The molecule has 158 valence electrons. The van der Waals surface area contributed by atoms with Crippen LogP contribution in [0.25, 0.3) is 10.6 Å². The largest absolute Gasteiger partial charge is 0.495 e. The van der Waals surface area contributed by atoms with Gasteiger partial charge in [-0.3, -0.25) is 0 Å². The molecular weight excluding hydrogens is 398 g/mol. The van der Waals surface area contributed by atoms with Gasteiger partial charge in [-0.05, 0) is 30.3 Å². The quantitative estimate of drug-likeness (QED) is 0.630. The molecule has 6 nitrogen and oxygen atoms in total. The van der Waals surface area contributed by atoms with Crippen molar-refractivity contribution in [2.24, 2.45) is 0 Å². The van der Waals surface area contributed by atoms with Crippen LogP contribution in [0.4, 0.5) is 5.69 Å². The third-order valence-corrected chi connectivity index (χ3v) is 6.45. The maximum absolute atomic E-state index is 5.52. The summed E-state index contributed by atoms with van der Waals surface area (Å²) in [7, 11) is 5.04. The molecule has 1 aromatic heterocycles. The number of piperazine rings is 1. The minimum Gasteiger partial charge on any atom is -0.495 e. The van der Waals surface area contributed by atoms with E-state index in [1.807, 2.05) is 30.3 Å². The van der Waals surface area contributed by atoms with Crippen LogP contribution in [0.2, 0.25) is 0 Å². The summed E-state index contributed by atoms with van der Waals surface area (Å²) in [6, 6.07) is 14.2.